The molecule has 0 aromatic rings. The molecule has 1 saturated carbocycles. The molecule has 0 aromatic heterocycles. The second kappa shape index (κ2) is 3.52. The van der Waals surface area contributed by atoms with Gasteiger partial charge in [0.05, 0.1) is 6.10 Å². The van der Waals surface area contributed by atoms with Gasteiger partial charge in [-0.15, -0.1) is 10.1 Å². The molecule has 0 aliphatic heterocycles. The van der Waals surface area contributed by atoms with Crippen molar-refractivity contribution in [2.24, 2.45) is 0 Å². The number of hydrogen-bond donors (Lipinski definition) is 0. The Labute approximate surface area is 64.4 Å². The minimum atomic E-state index is -0.748. The third kappa shape index (κ3) is 2.04. The summed E-state index contributed by atoms with van der Waals surface area (Å²) in [6.45, 7) is 0. The molecule has 0 amide bonds. The molecular formula is C6H11NO4. The van der Waals surface area contributed by atoms with Gasteiger partial charge in [0.15, 0.2) is 0 Å². The zero-order valence-electron chi connectivity index (χ0n) is 6.36. The normalized spacial score (nSPS) is 30.3. The highest BCUT2D eigenvalue weighted by Gasteiger charge is 2.29. The Kier molecular flexibility index (Phi) is 2.64. The van der Waals surface area contributed by atoms with Crippen LogP contribution in [0.5, 0.6) is 0 Å². The van der Waals surface area contributed by atoms with Gasteiger partial charge in [-0.05, 0) is 19.3 Å². The smallest absolute Gasteiger partial charge is 0.294 e. The van der Waals surface area contributed by atoms with Crippen LogP contribution in [0.25, 0.3) is 0 Å². The molecule has 1 aliphatic carbocycles. The van der Waals surface area contributed by atoms with Crippen molar-refractivity contribution >= 4 is 0 Å². The predicted octanol–water partition coefficient (Wildman–Crippen LogP) is 0.762. The Morgan fingerprint density at radius 3 is 2.64 bits per heavy atom. The average molecular weight is 161 g/mol. The molecule has 0 bridgehead atoms. The summed E-state index contributed by atoms with van der Waals surface area (Å²) in [5.41, 5.74) is 0. The minimum absolute atomic E-state index is 0.0969. The maximum absolute atomic E-state index is 9.94. The Morgan fingerprint density at radius 1 is 1.45 bits per heavy atom. The van der Waals surface area contributed by atoms with E-state index in [0.717, 1.165) is 19.3 Å². The number of rotatable bonds is 3. The lowest BCUT2D eigenvalue weighted by Crippen LogP contribution is -2.27. The van der Waals surface area contributed by atoms with Gasteiger partial charge >= 0.3 is 0 Å². The van der Waals surface area contributed by atoms with Crippen molar-refractivity contribution in [1.82, 2.24) is 0 Å². The van der Waals surface area contributed by atoms with E-state index in [0.29, 0.717) is 0 Å². The second-order valence-electron chi connectivity index (χ2n) is 2.57. The van der Waals surface area contributed by atoms with E-state index in [9.17, 15) is 10.1 Å². The van der Waals surface area contributed by atoms with Gasteiger partial charge in [0, 0.05) is 7.11 Å². The fourth-order valence-corrected chi connectivity index (χ4v) is 1.39. The maximum atomic E-state index is 9.94. The average Bonchev–Trinajstić information content (AvgIpc) is 2.34. The second-order valence-corrected chi connectivity index (χ2v) is 2.57. The molecule has 2 atom stereocenters. The van der Waals surface area contributed by atoms with Crippen LogP contribution in [0.3, 0.4) is 0 Å². The molecule has 1 rings (SSSR count). The lowest BCUT2D eigenvalue weighted by atomic mass is 10.3. The first-order valence-corrected chi connectivity index (χ1v) is 3.58. The van der Waals surface area contributed by atoms with Gasteiger partial charge in [0.25, 0.3) is 5.09 Å². The molecule has 1 fully saturated rings. The highest BCUT2D eigenvalue weighted by Crippen LogP contribution is 2.24. The fourth-order valence-electron chi connectivity index (χ4n) is 1.39. The van der Waals surface area contributed by atoms with Crippen molar-refractivity contribution in [3.63, 3.8) is 0 Å². The van der Waals surface area contributed by atoms with Crippen LogP contribution in [0.1, 0.15) is 19.3 Å². The Balaban J connectivity index is 2.37. The highest BCUT2D eigenvalue weighted by atomic mass is 17.0. The van der Waals surface area contributed by atoms with Crippen LogP contribution in [0.15, 0.2) is 0 Å². The Hall–Kier alpha value is -0.840. The van der Waals surface area contributed by atoms with Gasteiger partial charge in [-0.3, -0.25) is 0 Å². The molecule has 5 heteroatoms. The maximum Gasteiger partial charge on any atom is 0.294 e. The van der Waals surface area contributed by atoms with Crippen molar-refractivity contribution in [2.75, 3.05) is 7.11 Å². The van der Waals surface area contributed by atoms with Gasteiger partial charge in [-0.2, -0.15) is 0 Å². The van der Waals surface area contributed by atoms with Crippen LogP contribution in [0, 0.1) is 10.1 Å². The topological polar surface area (TPSA) is 61.6 Å². The van der Waals surface area contributed by atoms with E-state index >= 15 is 0 Å². The quantitative estimate of drug-likeness (QED) is 0.453. The summed E-state index contributed by atoms with van der Waals surface area (Å²) in [4.78, 5) is 14.4. The molecule has 64 valence electrons. The van der Waals surface area contributed by atoms with Crippen molar-refractivity contribution in [3.8, 4) is 0 Å². The molecule has 0 heterocycles. The molecule has 0 unspecified atom stereocenters. The Bertz CT molecular complexity index is 150. The van der Waals surface area contributed by atoms with Crippen molar-refractivity contribution in [3.05, 3.63) is 10.1 Å². The summed E-state index contributed by atoms with van der Waals surface area (Å²) >= 11 is 0. The summed E-state index contributed by atoms with van der Waals surface area (Å²) < 4.78 is 5.00. The van der Waals surface area contributed by atoms with Gasteiger partial charge in [-0.25, -0.2) is 0 Å². The fraction of sp³-hybridized carbons (Fsp3) is 1.00. The summed E-state index contributed by atoms with van der Waals surface area (Å²) in [6.07, 6.45) is 2.07. The van der Waals surface area contributed by atoms with Crippen molar-refractivity contribution < 1.29 is 14.7 Å². The van der Waals surface area contributed by atoms with Crippen LogP contribution in [0.4, 0.5) is 0 Å². The van der Waals surface area contributed by atoms with Crippen LogP contribution in [-0.2, 0) is 9.57 Å². The van der Waals surface area contributed by atoms with Crippen molar-refractivity contribution in [1.29, 1.82) is 0 Å². The van der Waals surface area contributed by atoms with E-state index in [4.69, 9.17) is 4.74 Å². The number of hydrogen-bond acceptors (Lipinski definition) is 4. The summed E-state index contributed by atoms with van der Waals surface area (Å²) in [6, 6.07) is 0. The largest absolute Gasteiger partial charge is 0.379 e. The lowest BCUT2D eigenvalue weighted by molar-refractivity contribution is -0.770. The van der Waals surface area contributed by atoms with Gasteiger partial charge in [-0.1, -0.05) is 0 Å². The number of ether oxygens (including phenoxy) is 1. The summed E-state index contributed by atoms with van der Waals surface area (Å²) in [5.74, 6) is 0. The van der Waals surface area contributed by atoms with Crippen LogP contribution >= 0.6 is 0 Å². The first-order chi connectivity index (χ1) is 5.24. The SMILES string of the molecule is CO[C@H]1CCC[C@H]1O[N+](=O)[O-]. The molecule has 0 radical (unpaired) electrons. The van der Waals surface area contributed by atoms with E-state index < -0.39 is 5.09 Å². The molecule has 0 N–H and O–H groups in total. The standard InChI is InChI=1S/C6H11NO4/c1-10-5-3-2-4-6(5)11-7(8)9/h5-6H,2-4H2,1H3/t5-,6+/m0/s1. The molecule has 5 nitrogen and oxygen atoms in total. The van der Waals surface area contributed by atoms with E-state index in [1.807, 2.05) is 0 Å². The zero-order valence-corrected chi connectivity index (χ0v) is 6.36. The summed E-state index contributed by atoms with van der Waals surface area (Å²) in [5, 5.41) is 9.20. The number of nitrogens with zero attached hydrogens (tertiary/aromatic N) is 1. The van der Waals surface area contributed by atoms with E-state index in [2.05, 4.69) is 4.84 Å². The third-order valence-electron chi connectivity index (χ3n) is 1.92. The monoisotopic (exact) mass is 161 g/mol. The first kappa shape index (κ1) is 8.26. The van der Waals surface area contributed by atoms with Crippen molar-refractivity contribution in [2.45, 2.75) is 31.5 Å². The van der Waals surface area contributed by atoms with Crippen LogP contribution in [0.2, 0.25) is 0 Å². The molecule has 1 aliphatic rings. The van der Waals surface area contributed by atoms with E-state index in [1.165, 1.54) is 0 Å². The first-order valence-electron chi connectivity index (χ1n) is 3.58. The molecule has 0 spiro atoms. The molecule has 0 aromatic carbocycles. The van der Waals surface area contributed by atoms with Gasteiger partial charge in [0.2, 0.25) is 0 Å². The number of methoxy groups -OCH3 is 1. The molecular weight excluding hydrogens is 150 g/mol. The van der Waals surface area contributed by atoms with Gasteiger partial charge in [0.1, 0.15) is 6.10 Å². The van der Waals surface area contributed by atoms with Gasteiger partial charge < -0.3 is 9.57 Å². The molecule has 11 heavy (non-hydrogen) atoms. The predicted molar refractivity (Wildman–Crippen MR) is 36.5 cm³/mol. The lowest BCUT2D eigenvalue weighted by Gasteiger charge is -2.14. The Morgan fingerprint density at radius 2 is 2.09 bits per heavy atom. The van der Waals surface area contributed by atoms with Crippen LogP contribution in [-0.4, -0.2) is 24.4 Å². The van der Waals surface area contributed by atoms with E-state index in [1.54, 1.807) is 7.11 Å². The third-order valence-corrected chi connectivity index (χ3v) is 1.92. The molecule has 0 saturated heterocycles. The van der Waals surface area contributed by atoms with Crippen LogP contribution < -0.4 is 0 Å². The summed E-state index contributed by atoms with van der Waals surface area (Å²) in [7, 11) is 1.55. The highest BCUT2D eigenvalue weighted by molar-refractivity contribution is 4.77. The minimum Gasteiger partial charge on any atom is -0.379 e. The zero-order chi connectivity index (χ0) is 8.27. The van der Waals surface area contributed by atoms with E-state index in [-0.39, 0.29) is 12.2 Å².